The Morgan fingerprint density at radius 2 is 2.36 bits per heavy atom. The molecule has 0 amide bonds. The van der Waals surface area contributed by atoms with Gasteiger partial charge < -0.3 is 17.1 Å². The molecule has 0 bridgehead atoms. The highest BCUT2D eigenvalue weighted by Gasteiger charge is 2.12. The summed E-state index contributed by atoms with van der Waals surface area (Å²) in [6, 6.07) is 0. The van der Waals surface area contributed by atoms with Gasteiger partial charge in [0.2, 0.25) is 0 Å². The Morgan fingerprint density at radius 1 is 1.64 bits per heavy atom. The average Bonchev–Trinajstić information content (AvgIpc) is 2.18. The van der Waals surface area contributed by atoms with Crippen LogP contribution in [0.4, 0.5) is 0 Å². The van der Waals surface area contributed by atoms with Gasteiger partial charge in [-0.05, 0) is 18.3 Å². The van der Waals surface area contributed by atoms with Crippen molar-refractivity contribution >= 4 is 29.5 Å². The fourth-order valence-corrected chi connectivity index (χ4v) is 1.08. The average molecular weight is 232 g/mol. The summed E-state index contributed by atoms with van der Waals surface area (Å²) in [5.74, 6) is -0.401. The fraction of sp³-hybridized carbons (Fsp3) is 0.222. The minimum absolute atomic E-state index is 0. The molecule has 0 atom stereocenters. The van der Waals surface area contributed by atoms with E-state index in [-0.39, 0.29) is 12.4 Å². The van der Waals surface area contributed by atoms with E-state index in [1.54, 1.807) is 12.2 Å². The van der Waals surface area contributed by atoms with Crippen LogP contribution in [0.1, 0.15) is 6.42 Å². The SMILES string of the molecule is C[NH+]=C1C=CC(C(=O)OC=S)=CC1.[Cl-]. The minimum atomic E-state index is -0.401. The van der Waals surface area contributed by atoms with Crippen molar-refractivity contribution in [2.75, 3.05) is 7.05 Å². The number of rotatable bonds is 2. The Kier molecular flexibility index (Phi) is 5.99. The van der Waals surface area contributed by atoms with Gasteiger partial charge in [0.1, 0.15) is 7.05 Å². The van der Waals surface area contributed by atoms with Crippen LogP contribution in [0, 0.1) is 0 Å². The molecule has 0 heterocycles. The predicted molar refractivity (Wildman–Crippen MR) is 53.5 cm³/mol. The van der Waals surface area contributed by atoms with E-state index in [1.807, 2.05) is 13.1 Å². The van der Waals surface area contributed by atoms with Crippen LogP contribution in [-0.2, 0) is 9.53 Å². The van der Waals surface area contributed by atoms with Gasteiger partial charge in [-0.15, -0.1) is 0 Å². The molecule has 0 unspecified atom stereocenters. The van der Waals surface area contributed by atoms with Crippen molar-refractivity contribution in [2.24, 2.45) is 0 Å². The molecule has 3 nitrogen and oxygen atoms in total. The van der Waals surface area contributed by atoms with E-state index >= 15 is 0 Å². The summed E-state index contributed by atoms with van der Waals surface area (Å²) in [4.78, 5) is 14.1. The first-order valence-electron chi connectivity index (χ1n) is 3.84. The third-order valence-corrected chi connectivity index (χ3v) is 1.81. The Bertz CT molecular complexity index is 321. The van der Waals surface area contributed by atoms with Crippen LogP contribution < -0.4 is 17.4 Å². The van der Waals surface area contributed by atoms with Gasteiger partial charge in [-0.25, -0.2) is 9.79 Å². The zero-order valence-corrected chi connectivity index (χ0v) is 9.19. The molecule has 1 N–H and O–H groups in total. The third kappa shape index (κ3) is 3.40. The van der Waals surface area contributed by atoms with Crippen LogP contribution in [0.15, 0.2) is 23.8 Å². The fourth-order valence-electron chi connectivity index (χ4n) is 0.995. The first kappa shape index (κ1) is 13.0. The van der Waals surface area contributed by atoms with Gasteiger partial charge in [-0.1, -0.05) is 6.08 Å². The maximum Gasteiger partial charge on any atom is 0.343 e. The van der Waals surface area contributed by atoms with E-state index in [0.717, 1.165) is 17.7 Å². The number of hydrogen-bond acceptors (Lipinski definition) is 3. The maximum absolute atomic E-state index is 11.1. The molecule has 0 aromatic rings. The van der Waals surface area contributed by atoms with Crippen LogP contribution >= 0.6 is 12.2 Å². The number of ether oxygens (including phenoxy) is 1. The first-order chi connectivity index (χ1) is 6.27. The number of hydrogen-bond donors (Lipinski definition) is 1. The second kappa shape index (κ2) is 6.45. The van der Waals surface area contributed by atoms with Crippen molar-refractivity contribution in [3.63, 3.8) is 0 Å². The normalized spacial score (nSPS) is 16.9. The highest BCUT2D eigenvalue weighted by atomic mass is 35.5. The van der Waals surface area contributed by atoms with Crippen LogP contribution in [0.2, 0.25) is 0 Å². The second-order valence-corrected chi connectivity index (χ2v) is 2.67. The van der Waals surface area contributed by atoms with Gasteiger partial charge in [0.15, 0.2) is 11.3 Å². The summed E-state index contributed by atoms with van der Waals surface area (Å²) < 4.78 is 4.55. The van der Waals surface area contributed by atoms with Crippen LogP contribution in [0.3, 0.4) is 0 Å². The third-order valence-electron chi connectivity index (χ3n) is 1.72. The van der Waals surface area contributed by atoms with Gasteiger partial charge in [0.25, 0.3) is 0 Å². The van der Waals surface area contributed by atoms with Gasteiger partial charge in [0.05, 0.1) is 12.0 Å². The Morgan fingerprint density at radius 3 is 2.79 bits per heavy atom. The molecule has 0 saturated heterocycles. The molecule has 0 aromatic heterocycles. The lowest BCUT2D eigenvalue weighted by atomic mass is 10.1. The number of esters is 1. The van der Waals surface area contributed by atoms with E-state index in [9.17, 15) is 4.79 Å². The standard InChI is InChI=1S/C9H9NO2S.ClH/c1-10-8-4-2-7(3-5-8)9(11)12-6-13;/h2-4,6H,5H2,1H3;1H. The molecule has 5 heteroatoms. The minimum Gasteiger partial charge on any atom is -1.00 e. The lowest BCUT2D eigenvalue weighted by Gasteiger charge is -2.02. The molecule has 14 heavy (non-hydrogen) atoms. The highest BCUT2D eigenvalue weighted by Crippen LogP contribution is 2.07. The van der Waals surface area contributed by atoms with Crippen molar-refractivity contribution in [2.45, 2.75) is 6.42 Å². The molecule has 0 saturated carbocycles. The molecule has 0 aliphatic heterocycles. The number of halogens is 1. The van der Waals surface area contributed by atoms with Crippen molar-refractivity contribution in [1.82, 2.24) is 0 Å². The van der Waals surface area contributed by atoms with Crippen LogP contribution in [0.5, 0.6) is 0 Å². The van der Waals surface area contributed by atoms with Gasteiger partial charge in [0, 0.05) is 6.08 Å². The number of carbonyl (C=O) groups is 1. The predicted octanol–water partition coefficient (Wildman–Crippen LogP) is -3.47. The first-order valence-corrected chi connectivity index (χ1v) is 4.31. The zero-order chi connectivity index (χ0) is 9.68. The summed E-state index contributed by atoms with van der Waals surface area (Å²) in [6.07, 6.45) is 6.07. The summed E-state index contributed by atoms with van der Waals surface area (Å²) in [5.41, 5.74) is 2.58. The molecule has 0 fully saturated rings. The Balaban J connectivity index is 0.00000169. The lowest BCUT2D eigenvalue weighted by Crippen LogP contribution is -3.00. The number of thiocarbonyl (C=S) groups is 1. The summed E-state index contributed by atoms with van der Waals surface area (Å²) >= 11 is 4.41. The van der Waals surface area contributed by atoms with E-state index < -0.39 is 5.97 Å². The smallest absolute Gasteiger partial charge is 0.343 e. The van der Waals surface area contributed by atoms with Crippen molar-refractivity contribution < 1.29 is 26.9 Å². The molecular weight excluding hydrogens is 222 g/mol. The highest BCUT2D eigenvalue weighted by molar-refractivity contribution is 7.78. The Labute approximate surface area is 94.0 Å². The molecule has 1 rings (SSSR count). The van der Waals surface area contributed by atoms with Gasteiger partial charge in [-0.3, -0.25) is 0 Å². The summed E-state index contributed by atoms with van der Waals surface area (Å²) in [5, 5.41) is 0. The molecule has 1 aliphatic rings. The number of nitrogens with one attached hydrogen (secondary N) is 1. The van der Waals surface area contributed by atoms with Crippen molar-refractivity contribution in [1.29, 1.82) is 0 Å². The topological polar surface area (TPSA) is 40.3 Å². The molecule has 1 aliphatic carbocycles. The van der Waals surface area contributed by atoms with Gasteiger partial charge >= 0.3 is 5.97 Å². The zero-order valence-electron chi connectivity index (χ0n) is 7.62. The van der Waals surface area contributed by atoms with E-state index in [4.69, 9.17) is 0 Å². The summed E-state index contributed by atoms with van der Waals surface area (Å²) in [7, 11) is 1.84. The molecule has 76 valence electrons. The lowest BCUT2D eigenvalue weighted by molar-refractivity contribution is -0.419. The van der Waals surface area contributed by atoms with E-state index in [0.29, 0.717) is 5.57 Å². The van der Waals surface area contributed by atoms with Crippen molar-refractivity contribution in [3.05, 3.63) is 23.8 Å². The van der Waals surface area contributed by atoms with Crippen LogP contribution in [-0.4, -0.2) is 24.3 Å². The molecule has 0 spiro atoms. The molecular formula is C9H10ClNO2S. The van der Waals surface area contributed by atoms with E-state index in [2.05, 4.69) is 21.9 Å². The maximum atomic E-state index is 11.1. The quantitative estimate of drug-likeness (QED) is 0.397. The van der Waals surface area contributed by atoms with Crippen LogP contribution in [0.25, 0.3) is 0 Å². The largest absolute Gasteiger partial charge is 1.00 e. The monoisotopic (exact) mass is 231 g/mol. The Hall–Kier alpha value is -1.00. The van der Waals surface area contributed by atoms with E-state index in [1.165, 1.54) is 0 Å². The summed E-state index contributed by atoms with van der Waals surface area (Å²) in [6.45, 7) is 0. The van der Waals surface area contributed by atoms with Crippen molar-refractivity contribution in [3.8, 4) is 0 Å². The number of allylic oxidation sites excluding steroid dienone is 2. The second-order valence-electron chi connectivity index (χ2n) is 2.47. The molecule has 0 radical (unpaired) electrons. The molecule has 0 aromatic carbocycles. The number of carbonyl (C=O) groups excluding carboxylic acids is 1. The van der Waals surface area contributed by atoms with Gasteiger partial charge in [-0.2, -0.15) is 0 Å².